The summed E-state index contributed by atoms with van der Waals surface area (Å²) in [5.41, 5.74) is 6.46. The summed E-state index contributed by atoms with van der Waals surface area (Å²) in [7, 11) is 0. The third-order valence-corrected chi connectivity index (χ3v) is 3.45. The molecular formula is C12H27N. The minimum Gasteiger partial charge on any atom is -0.327 e. The lowest BCUT2D eigenvalue weighted by Crippen LogP contribution is -2.43. The van der Waals surface area contributed by atoms with Crippen molar-refractivity contribution in [2.24, 2.45) is 28.9 Å². The van der Waals surface area contributed by atoms with E-state index in [4.69, 9.17) is 5.73 Å². The molecule has 0 radical (unpaired) electrons. The fraction of sp³-hybridized carbons (Fsp3) is 1.00. The van der Waals surface area contributed by atoms with E-state index in [1.807, 2.05) is 0 Å². The molecule has 0 saturated heterocycles. The second kappa shape index (κ2) is 4.45. The Kier molecular flexibility index (Phi) is 4.44. The van der Waals surface area contributed by atoms with Gasteiger partial charge in [0.25, 0.3) is 0 Å². The minimum absolute atomic E-state index is 0.225. The normalized spacial score (nSPS) is 20.1. The van der Waals surface area contributed by atoms with Gasteiger partial charge in [-0.1, -0.05) is 48.5 Å². The average molecular weight is 185 g/mol. The molecule has 0 spiro atoms. The van der Waals surface area contributed by atoms with Crippen molar-refractivity contribution in [1.29, 1.82) is 0 Å². The molecule has 0 aromatic carbocycles. The van der Waals surface area contributed by atoms with Gasteiger partial charge in [-0.15, -0.1) is 0 Å². The largest absolute Gasteiger partial charge is 0.327 e. The van der Waals surface area contributed by atoms with Crippen LogP contribution in [-0.4, -0.2) is 6.04 Å². The molecule has 0 rings (SSSR count). The van der Waals surface area contributed by atoms with Crippen molar-refractivity contribution in [2.45, 2.75) is 54.5 Å². The van der Waals surface area contributed by atoms with Crippen LogP contribution in [0.25, 0.3) is 0 Å². The Balaban J connectivity index is 4.34. The van der Waals surface area contributed by atoms with E-state index in [0.29, 0.717) is 17.9 Å². The highest BCUT2D eigenvalue weighted by molar-refractivity contribution is 4.84. The van der Waals surface area contributed by atoms with Crippen molar-refractivity contribution in [3.05, 3.63) is 0 Å². The zero-order chi connectivity index (χ0) is 10.8. The Labute approximate surface area is 84.1 Å². The van der Waals surface area contributed by atoms with Crippen LogP contribution in [0, 0.1) is 23.2 Å². The van der Waals surface area contributed by atoms with Crippen LogP contribution in [0.2, 0.25) is 0 Å². The lowest BCUT2D eigenvalue weighted by molar-refractivity contribution is 0.171. The SMILES string of the molecule is CC(C)C(C)C(C)C(N)C(C)(C)C. The fourth-order valence-corrected chi connectivity index (χ4v) is 1.72. The molecule has 0 saturated carbocycles. The maximum absolute atomic E-state index is 6.23. The molecule has 3 unspecified atom stereocenters. The van der Waals surface area contributed by atoms with E-state index in [1.54, 1.807) is 0 Å². The predicted molar refractivity (Wildman–Crippen MR) is 60.6 cm³/mol. The van der Waals surface area contributed by atoms with Gasteiger partial charge in [-0.05, 0) is 23.2 Å². The first kappa shape index (κ1) is 13.0. The van der Waals surface area contributed by atoms with Crippen LogP contribution in [0.5, 0.6) is 0 Å². The van der Waals surface area contributed by atoms with Gasteiger partial charge >= 0.3 is 0 Å². The van der Waals surface area contributed by atoms with Crippen molar-refractivity contribution in [3.8, 4) is 0 Å². The van der Waals surface area contributed by atoms with Crippen LogP contribution in [0.3, 0.4) is 0 Å². The molecule has 80 valence electrons. The van der Waals surface area contributed by atoms with Crippen LogP contribution in [-0.2, 0) is 0 Å². The van der Waals surface area contributed by atoms with E-state index in [2.05, 4.69) is 48.5 Å². The third kappa shape index (κ3) is 3.68. The first-order valence-electron chi connectivity index (χ1n) is 5.43. The highest BCUT2D eigenvalue weighted by Gasteiger charge is 2.30. The summed E-state index contributed by atoms with van der Waals surface area (Å²) in [5.74, 6) is 2.03. The molecule has 0 fully saturated rings. The average Bonchev–Trinajstić information content (AvgIpc) is 1.98. The standard InChI is InChI=1S/C12H27N/c1-8(2)9(3)10(4)11(13)12(5,6)7/h8-11H,13H2,1-7H3. The van der Waals surface area contributed by atoms with Crippen molar-refractivity contribution < 1.29 is 0 Å². The number of nitrogens with two attached hydrogens (primary N) is 1. The smallest absolute Gasteiger partial charge is 0.0116 e. The van der Waals surface area contributed by atoms with Gasteiger partial charge in [0.05, 0.1) is 0 Å². The van der Waals surface area contributed by atoms with Crippen molar-refractivity contribution in [3.63, 3.8) is 0 Å². The minimum atomic E-state index is 0.225. The van der Waals surface area contributed by atoms with E-state index >= 15 is 0 Å². The van der Waals surface area contributed by atoms with E-state index in [9.17, 15) is 0 Å². The number of rotatable bonds is 3. The Bertz CT molecular complexity index is 144. The lowest BCUT2D eigenvalue weighted by Gasteiger charge is -2.36. The Morgan fingerprint density at radius 1 is 0.846 bits per heavy atom. The van der Waals surface area contributed by atoms with Gasteiger partial charge in [-0.25, -0.2) is 0 Å². The fourth-order valence-electron chi connectivity index (χ4n) is 1.72. The summed E-state index contributed by atoms with van der Waals surface area (Å²) in [6.07, 6.45) is 0. The van der Waals surface area contributed by atoms with Gasteiger partial charge < -0.3 is 5.73 Å². The van der Waals surface area contributed by atoms with E-state index in [1.165, 1.54) is 0 Å². The summed E-state index contributed by atoms with van der Waals surface area (Å²) in [4.78, 5) is 0. The molecule has 0 aromatic rings. The van der Waals surface area contributed by atoms with Gasteiger partial charge in [0.2, 0.25) is 0 Å². The molecule has 0 heterocycles. The Morgan fingerprint density at radius 2 is 1.23 bits per heavy atom. The summed E-state index contributed by atoms with van der Waals surface area (Å²) in [6, 6.07) is 0.296. The summed E-state index contributed by atoms with van der Waals surface area (Å²) in [5, 5.41) is 0. The van der Waals surface area contributed by atoms with Crippen molar-refractivity contribution in [1.82, 2.24) is 0 Å². The maximum Gasteiger partial charge on any atom is 0.0116 e. The monoisotopic (exact) mass is 185 g/mol. The van der Waals surface area contributed by atoms with Gasteiger partial charge in [0.15, 0.2) is 0 Å². The van der Waals surface area contributed by atoms with Gasteiger partial charge in [-0.2, -0.15) is 0 Å². The van der Waals surface area contributed by atoms with Gasteiger partial charge in [0, 0.05) is 6.04 Å². The lowest BCUT2D eigenvalue weighted by atomic mass is 9.73. The summed E-state index contributed by atoms with van der Waals surface area (Å²) in [6.45, 7) is 15.8. The molecule has 13 heavy (non-hydrogen) atoms. The van der Waals surface area contributed by atoms with Crippen LogP contribution < -0.4 is 5.73 Å². The molecule has 1 heteroatoms. The quantitative estimate of drug-likeness (QED) is 0.717. The maximum atomic E-state index is 6.23. The molecule has 3 atom stereocenters. The van der Waals surface area contributed by atoms with Crippen LogP contribution in [0.4, 0.5) is 0 Å². The first-order chi connectivity index (χ1) is 5.68. The molecule has 0 bridgehead atoms. The van der Waals surface area contributed by atoms with E-state index < -0.39 is 0 Å². The van der Waals surface area contributed by atoms with Crippen molar-refractivity contribution in [2.75, 3.05) is 0 Å². The number of hydrogen-bond donors (Lipinski definition) is 1. The number of hydrogen-bond acceptors (Lipinski definition) is 1. The molecule has 0 amide bonds. The zero-order valence-electron chi connectivity index (χ0n) is 10.4. The molecular weight excluding hydrogens is 158 g/mol. The first-order valence-corrected chi connectivity index (χ1v) is 5.43. The zero-order valence-corrected chi connectivity index (χ0v) is 10.4. The highest BCUT2D eigenvalue weighted by atomic mass is 14.7. The van der Waals surface area contributed by atoms with Gasteiger partial charge in [0.1, 0.15) is 0 Å². The summed E-state index contributed by atoms with van der Waals surface area (Å²) < 4.78 is 0. The Morgan fingerprint density at radius 3 is 1.46 bits per heavy atom. The summed E-state index contributed by atoms with van der Waals surface area (Å²) >= 11 is 0. The topological polar surface area (TPSA) is 26.0 Å². The van der Waals surface area contributed by atoms with E-state index in [-0.39, 0.29) is 5.41 Å². The van der Waals surface area contributed by atoms with E-state index in [0.717, 1.165) is 5.92 Å². The molecule has 0 aliphatic heterocycles. The van der Waals surface area contributed by atoms with Gasteiger partial charge in [-0.3, -0.25) is 0 Å². The van der Waals surface area contributed by atoms with Crippen LogP contribution in [0.1, 0.15) is 48.5 Å². The van der Waals surface area contributed by atoms with Crippen LogP contribution in [0.15, 0.2) is 0 Å². The highest BCUT2D eigenvalue weighted by Crippen LogP contribution is 2.30. The molecule has 0 aliphatic rings. The molecule has 0 aliphatic carbocycles. The third-order valence-electron chi connectivity index (χ3n) is 3.45. The molecule has 2 N–H and O–H groups in total. The second-order valence-corrected chi connectivity index (χ2v) is 5.85. The Hall–Kier alpha value is -0.0400. The second-order valence-electron chi connectivity index (χ2n) is 5.85. The predicted octanol–water partition coefficient (Wildman–Crippen LogP) is 3.29. The molecule has 0 aromatic heterocycles. The molecule has 1 nitrogen and oxygen atoms in total. The van der Waals surface area contributed by atoms with Crippen molar-refractivity contribution >= 4 is 0 Å². The van der Waals surface area contributed by atoms with Crippen LogP contribution >= 0.6 is 0 Å².